The highest BCUT2D eigenvalue weighted by Crippen LogP contribution is 2.29. The van der Waals surface area contributed by atoms with E-state index >= 15 is 0 Å². The molecule has 0 aromatic carbocycles. The number of alkyl halides is 1. The Morgan fingerprint density at radius 2 is 2.16 bits per heavy atom. The number of nitrogens with zero attached hydrogens (tertiary/aromatic N) is 7. The van der Waals surface area contributed by atoms with Gasteiger partial charge < -0.3 is 20.1 Å². The van der Waals surface area contributed by atoms with Crippen molar-refractivity contribution in [3.63, 3.8) is 0 Å². The number of terminal acetylenes is 1. The van der Waals surface area contributed by atoms with E-state index in [0.717, 1.165) is 12.8 Å². The van der Waals surface area contributed by atoms with Crippen molar-refractivity contribution in [2.45, 2.75) is 25.3 Å². The summed E-state index contributed by atoms with van der Waals surface area (Å²) in [6.07, 6.45) is 11.9. The first kappa shape index (κ1) is 21.8. The number of piperidine rings is 1. The number of imidazole rings is 1. The van der Waals surface area contributed by atoms with Crippen LogP contribution in [0.2, 0.25) is 0 Å². The molecule has 1 atom stereocenters. The number of ketones is 1. The summed E-state index contributed by atoms with van der Waals surface area (Å²) in [5, 5.41) is 0. The zero-order valence-corrected chi connectivity index (χ0v) is 18.2. The van der Waals surface area contributed by atoms with Gasteiger partial charge in [0.1, 0.15) is 35.9 Å². The molecular formula is C21H23ClN8O2. The van der Waals surface area contributed by atoms with Gasteiger partial charge in [-0.05, 0) is 18.8 Å². The minimum absolute atomic E-state index is 0.0563. The smallest absolute Gasteiger partial charge is 0.237 e. The molecule has 4 rings (SSSR count). The highest BCUT2D eigenvalue weighted by atomic mass is 35.5. The number of allylic oxidation sites excluding steroid dienone is 1. The molecule has 2 aromatic heterocycles. The average Bonchev–Trinajstić information content (AvgIpc) is 3.17. The lowest BCUT2D eigenvalue weighted by Crippen LogP contribution is -2.40. The summed E-state index contributed by atoms with van der Waals surface area (Å²) in [6.45, 7) is 1.69. The first-order valence-corrected chi connectivity index (χ1v) is 10.8. The molecule has 2 aliphatic rings. The zero-order chi connectivity index (χ0) is 22.7. The molecule has 10 nitrogen and oxygen atoms in total. The Hall–Kier alpha value is -3.45. The third kappa shape index (κ3) is 4.43. The molecule has 0 saturated carbocycles. The third-order valence-corrected chi connectivity index (χ3v) is 5.73. The van der Waals surface area contributed by atoms with Crippen molar-refractivity contribution in [3.8, 4) is 12.3 Å². The number of rotatable bonds is 6. The van der Waals surface area contributed by atoms with E-state index in [9.17, 15) is 9.59 Å². The average molecular weight is 455 g/mol. The van der Waals surface area contributed by atoms with Gasteiger partial charge in [-0.2, -0.15) is 0 Å². The fourth-order valence-corrected chi connectivity index (χ4v) is 4.28. The largest absolute Gasteiger partial charge is 0.396 e. The van der Waals surface area contributed by atoms with Gasteiger partial charge in [-0.1, -0.05) is 0 Å². The molecule has 4 heterocycles. The third-order valence-electron chi connectivity index (χ3n) is 5.50. The number of carbonyl (C=O) groups excluding carboxylic acids is 2. The van der Waals surface area contributed by atoms with Crippen LogP contribution in [0.3, 0.4) is 0 Å². The Kier molecular flexibility index (Phi) is 6.37. The minimum Gasteiger partial charge on any atom is -0.396 e. The summed E-state index contributed by atoms with van der Waals surface area (Å²) >= 11 is 5.76. The lowest BCUT2D eigenvalue weighted by molar-refractivity contribution is -0.129. The number of carbonyl (C=O) groups is 2. The standard InChI is InChI=1S/C21H23ClN8O2/c1-2-17-19-21(26-12-25-17)30(11-16(31)10-28-9-15(23)7-24-13-28)20(27-19)14-4-3-5-29(8-14)18(32)6-22/h1,7,9,12,14H,3-6,8,10-11,13,23H2. The maximum absolute atomic E-state index is 13.0. The Morgan fingerprint density at radius 1 is 1.31 bits per heavy atom. The van der Waals surface area contributed by atoms with Crippen molar-refractivity contribution in [3.05, 3.63) is 29.7 Å². The van der Waals surface area contributed by atoms with Crippen molar-refractivity contribution < 1.29 is 9.59 Å². The van der Waals surface area contributed by atoms with Crippen LogP contribution in [-0.4, -0.2) is 79.4 Å². The number of aliphatic imine (C=N–C) groups is 1. The van der Waals surface area contributed by atoms with Crippen molar-refractivity contribution in [1.29, 1.82) is 0 Å². The summed E-state index contributed by atoms with van der Waals surface area (Å²) in [4.78, 5) is 46.0. The number of nitrogens with two attached hydrogens (primary N) is 1. The highest BCUT2D eigenvalue weighted by Gasteiger charge is 2.30. The number of halogens is 1. The van der Waals surface area contributed by atoms with E-state index in [4.69, 9.17) is 28.7 Å². The second-order valence-corrected chi connectivity index (χ2v) is 8.04. The fourth-order valence-electron chi connectivity index (χ4n) is 4.11. The molecule has 0 aliphatic carbocycles. The summed E-state index contributed by atoms with van der Waals surface area (Å²) in [7, 11) is 0. The highest BCUT2D eigenvalue weighted by molar-refractivity contribution is 6.27. The summed E-state index contributed by atoms with van der Waals surface area (Å²) in [5.41, 5.74) is 7.63. The van der Waals surface area contributed by atoms with Gasteiger partial charge in [-0.15, -0.1) is 18.0 Å². The second-order valence-electron chi connectivity index (χ2n) is 7.78. The van der Waals surface area contributed by atoms with E-state index in [-0.39, 0.29) is 36.6 Å². The van der Waals surface area contributed by atoms with E-state index in [1.807, 2.05) is 0 Å². The number of aromatic nitrogens is 4. The van der Waals surface area contributed by atoms with Gasteiger partial charge in [0.2, 0.25) is 5.91 Å². The first-order chi connectivity index (χ1) is 15.5. The quantitative estimate of drug-likeness (QED) is 0.497. The van der Waals surface area contributed by atoms with Gasteiger partial charge in [0.25, 0.3) is 0 Å². The van der Waals surface area contributed by atoms with Crippen LogP contribution in [0.5, 0.6) is 0 Å². The van der Waals surface area contributed by atoms with Gasteiger partial charge in [-0.25, -0.2) is 15.0 Å². The maximum Gasteiger partial charge on any atom is 0.237 e. The fraction of sp³-hybridized carbons (Fsp3) is 0.429. The van der Waals surface area contributed by atoms with E-state index in [0.29, 0.717) is 48.1 Å². The Labute approximate surface area is 190 Å². The van der Waals surface area contributed by atoms with Crippen LogP contribution in [0.25, 0.3) is 11.2 Å². The van der Waals surface area contributed by atoms with Gasteiger partial charge >= 0.3 is 0 Å². The summed E-state index contributed by atoms with van der Waals surface area (Å²) in [5.74, 6) is 2.89. The predicted octanol–water partition coefficient (Wildman–Crippen LogP) is 0.466. The lowest BCUT2D eigenvalue weighted by Gasteiger charge is -2.32. The van der Waals surface area contributed by atoms with Crippen molar-refractivity contribution in [1.82, 2.24) is 29.3 Å². The topological polar surface area (TPSA) is 123 Å². The molecule has 1 saturated heterocycles. The van der Waals surface area contributed by atoms with Crippen LogP contribution in [0.4, 0.5) is 0 Å². The first-order valence-electron chi connectivity index (χ1n) is 10.2. The molecule has 32 heavy (non-hydrogen) atoms. The minimum atomic E-state index is -0.116. The monoisotopic (exact) mass is 454 g/mol. The Balaban J connectivity index is 1.66. The molecule has 2 aliphatic heterocycles. The number of hydrogen-bond acceptors (Lipinski definition) is 8. The molecule has 1 unspecified atom stereocenters. The van der Waals surface area contributed by atoms with E-state index in [1.54, 1.807) is 26.8 Å². The van der Waals surface area contributed by atoms with Crippen LogP contribution < -0.4 is 5.73 Å². The van der Waals surface area contributed by atoms with Crippen molar-refractivity contribution in [2.24, 2.45) is 10.7 Å². The molecule has 0 bridgehead atoms. The van der Waals surface area contributed by atoms with Crippen molar-refractivity contribution >= 4 is 40.7 Å². The molecule has 166 valence electrons. The molecule has 2 aromatic rings. The van der Waals surface area contributed by atoms with Gasteiger partial charge in [0.15, 0.2) is 11.4 Å². The number of amides is 1. The number of Topliss-reactive ketones (excluding diaryl/α,β-unsaturated/α-hetero) is 1. The molecule has 11 heteroatoms. The SMILES string of the molecule is C#Cc1ncnc2c1nc(C1CCCN(C(=O)CCl)C1)n2CC(=O)CN1C=C(N)C=NC1. The predicted molar refractivity (Wildman–Crippen MR) is 120 cm³/mol. The number of fused-ring (bicyclic) bond motifs is 1. The Morgan fingerprint density at radius 3 is 2.91 bits per heavy atom. The zero-order valence-electron chi connectivity index (χ0n) is 17.4. The molecule has 2 N–H and O–H groups in total. The van der Waals surface area contributed by atoms with Crippen LogP contribution in [0.1, 0.15) is 30.3 Å². The molecule has 1 amide bonds. The van der Waals surface area contributed by atoms with Crippen LogP contribution in [0.15, 0.2) is 23.2 Å². The van der Waals surface area contributed by atoms with Gasteiger partial charge in [0, 0.05) is 31.4 Å². The summed E-state index contributed by atoms with van der Waals surface area (Å²) < 4.78 is 1.79. The molecule has 1 fully saturated rings. The molecular weight excluding hydrogens is 432 g/mol. The molecule has 0 radical (unpaired) electrons. The Bertz CT molecular complexity index is 1150. The number of hydrogen-bond donors (Lipinski definition) is 1. The second kappa shape index (κ2) is 9.36. The van der Waals surface area contributed by atoms with Gasteiger partial charge in [-0.3, -0.25) is 14.6 Å². The van der Waals surface area contributed by atoms with E-state index in [1.165, 1.54) is 6.33 Å². The molecule has 0 spiro atoms. The lowest BCUT2D eigenvalue weighted by atomic mass is 9.97. The van der Waals surface area contributed by atoms with Crippen molar-refractivity contribution in [2.75, 3.05) is 32.2 Å². The van der Waals surface area contributed by atoms with Gasteiger partial charge in [0.05, 0.1) is 18.8 Å². The van der Waals surface area contributed by atoms with E-state index in [2.05, 4.69) is 20.9 Å². The number of likely N-dealkylation sites (tertiary alicyclic amines) is 1. The maximum atomic E-state index is 13.0. The normalized spacial score (nSPS) is 18.5. The van der Waals surface area contributed by atoms with Crippen LogP contribution in [-0.2, 0) is 16.1 Å². The van der Waals surface area contributed by atoms with E-state index < -0.39 is 0 Å². The summed E-state index contributed by atoms with van der Waals surface area (Å²) in [6, 6.07) is 0. The van der Waals surface area contributed by atoms with Crippen LogP contribution in [0, 0.1) is 12.3 Å². The van der Waals surface area contributed by atoms with Crippen LogP contribution >= 0.6 is 11.6 Å².